The van der Waals surface area contributed by atoms with Gasteiger partial charge in [0.25, 0.3) is 0 Å². The number of ether oxygens (including phenoxy) is 2. The molecule has 0 unspecified atom stereocenters. The zero-order chi connectivity index (χ0) is 20.8. The smallest absolute Gasteiger partial charge is 0.196 e. The summed E-state index contributed by atoms with van der Waals surface area (Å²) >= 11 is 1.63. The van der Waals surface area contributed by atoms with Gasteiger partial charge in [-0.15, -0.1) is 10.2 Å². The molecule has 0 bridgehead atoms. The molecule has 0 aliphatic heterocycles. The highest BCUT2D eigenvalue weighted by Gasteiger charge is 2.16. The summed E-state index contributed by atoms with van der Waals surface area (Å²) in [6.45, 7) is 2.65. The molecule has 0 amide bonds. The summed E-state index contributed by atoms with van der Waals surface area (Å²) in [7, 11) is 1.65. The van der Waals surface area contributed by atoms with Crippen LogP contribution in [0.5, 0.6) is 11.5 Å². The van der Waals surface area contributed by atoms with Crippen molar-refractivity contribution in [3.8, 4) is 28.6 Å². The van der Waals surface area contributed by atoms with Crippen molar-refractivity contribution in [1.82, 2.24) is 14.8 Å². The third-order valence-corrected chi connectivity index (χ3v) is 5.46. The van der Waals surface area contributed by atoms with E-state index in [1.54, 1.807) is 18.9 Å². The van der Waals surface area contributed by atoms with Gasteiger partial charge in [-0.25, -0.2) is 0 Å². The molecule has 0 saturated heterocycles. The van der Waals surface area contributed by atoms with E-state index in [9.17, 15) is 0 Å². The van der Waals surface area contributed by atoms with Crippen LogP contribution in [0.2, 0.25) is 0 Å². The van der Waals surface area contributed by atoms with Gasteiger partial charge in [0.1, 0.15) is 11.5 Å². The minimum Gasteiger partial charge on any atom is -0.497 e. The van der Waals surface area contributed by atoms with E-state index >= 15 is 0 Å². The highest BCUT2D eigenvalue weighted by Crippen LogP contribution is 2.28. The Hall–Kier alpha value is -3.25. The van der Waals surface area contributed by atoms with Crippen LogP contribution in [0.1, 0.15) is 5.56 Å². The van der Waals surface area contributed by atoms with E-state index in [4.69, 9.17) is 9.47 Å². The monoisotopic (exact) mass is 417 g/mol. The Morgan fingerprint density at radius 2 is 1.63 bits per heavy atom. The molecular weight excluding hydrogens is 394 g/mol. The number of aromatic nitrogens is 3. The molecular formula is C24H23N3O2S. The number of hydrogen-bond donors (Lipinski definition) is 0. The predicted octanol–water partition coefficient (Wildman–Crippen LogP) is 5.42. The number of rotatable bonds is 8. The average Bonchev–Trinajstić information content (AvgIpc) is 3.22. The van der Waals surface area contributed by atoms with E-state index < -0.39 is 0 Å². The topological polar surface area (TPSA) is 49.2 Å². The van der Waals surface area contributed by atoms with Crippen molar-refractivity contribution in [3.05, 3.63) is 84.4 Å². The molecule has 0 radical (unpaired) electrons. The van der Waals surface area contributed by atoms with Crippen LogP contribution < -0.4 is 9.47 Å². The molecule has 30 heavy (non-hydrogen) atoms. The first-order valence-electron chi connectivity index (χ1n) is 9.72. The van der Waals surface area contributed by atoms with Gasteiger partial charge in [-0.2, -0.15) is 0 Å². The molecule has 4 aromatic rings. The number of nitrogens with zero attached hydrogens (tertiary/aromatic N) is 3. The second-order valence-electron chi connectivity index (χ2n) is 6.72. The molecule has 6 heteroatoms. The number of methoxy groups -OCH3 is 1. The number of para-hydroxylation sites is 1. The van der Waals surface area contributed by atoms with Crippen LogP contribution in [0, 0.1) is 6.92 Å². The maximum Gasteiger partial charge on any atom is 0.196 e. The highest BCUT2D eigenvalue weighted by atomic mass is 32.2. The van der Waals surface area contributed by atoms with Crippen LogP contribution in [-0.4, -0.2) is 34.2 Å². The second kappa shape index (κ2) is 9.50. The van der Waals surface area contributed by atoms with Crippen molar-refractivity contribution in [2.75, 3.05) is 19.5 Å². The zero-order valence-electron chi connectivity index (χ0n) is 17.0. The molecule has 1 aromatic heterocycles. The summed E-state index contributed by atoms with van der Waals surface area (Å²) in [4.78, 5) is 0. The number of hydrogen-bond acceptors (Lipinski definition) is 5. The molecule has 4 rings (SSSR count). The Labute approximate surface area is 180 Å². The summed E-state index contributed by atoms with van der Waals surface area (Å²) in [5.41, 5.74) is 3.28. The lowest BCUT2D eigenvalue weighted by Gasteiger charge is -2.11. The number of benzene rings is 3. The summed E-state index contributed by atoms with van der Waals surface area (Å²) in [5, 5.41) is 9.81. The first-order valence-corrected chi connectivity index (χ1v) is 10.7. The predicted molar refractivity (Wildman–Crippen MR) is 121 cm³/mol. The maximum absolute atomic E-state index is 5.85. The standard InChI is InChI=1S/C24H23N3O2S/c1-18-7-6-8-19(17-18)23-25-26-24(27(23)20-9-4-3-5-10-20)30-16-15-29-22-13-11-21(28-2)12-14-22/h3-14,17H,15-16H2,1-2H3. The lowest BCUT2D eigenvalue weighted by Crippen LogP contribution is -2.03. The van der Waals surface area contributed by atoms with Crippen molar-refractivity contribution in [3.63, 3.8) is 0 Å². The Balaban J connectivity index is 1.51. The van der Waals surface area contributed by atoms with Crippen LogP contribution in [0.4, 0.5) is 0 Å². The Morgan fingerprint density at radius 3 is 2.37 bits per heavy atom. The molecule has 3 aromatic carbocycles. The zero-order valence-corrected chi connectivity index (χ0v) is 17.8. The van der Waals surface area contributed by atoms with E-state index in [1.807, 2.05) is 48.5 Å². The molecule has 0 atom stereocenters. The van der Waals surface area contributed by atoms with Crippen molar-refractivity contribution in [1.29, 1.82) is 0 Å². The third-order valence-electron chi connectivity index (χ3n) is 4.57. The van der Waals surface area contributed by atoms with Crippen LogP contribution in [0.15, 0.2) is 84.0 Å². The molecule has 152 valence electrons. The number of aryl methyl sites for hydroxylation is 1. The quantitative estimate of drug-likeness (QED) is 0.283. The van der Waals surface area contributed by atoms with Crippen LogP contribution in [-0.2, 0) is 0 Å². The van der Waals surface area contributed by atoms with Gasteiger partial charge in [0, 0.05) is 17.0 Å². The first-order chi connectivity index (χ1) is 14.7. The van der Waals surface area contributed by atoms with Gasteiger partial charge in [0.05, 0.1) is 13.7 Å². The normalized spacial score (nSPS) is 10.7. The fourth-order valence-corrected chi connectivity index (χ4v) is 3.88. The van der Waals surface area contributed by atoms with E-state index in [-0.39, 0.29) is 0 Å². The molecule has 0 saturated carbocycles. The Morgan fingerprint density at radius 1 is 0.867 bits per heavy atom. The maximum atomic E-state index is 5.85. The Bertz CT molecular complexity index is 1100. The molecule has 1 heterocycles. The Kier molecular flexibility index (Phi) is 6.35. The lowest BCUT2D eigenvalue weighted by atomic mass is 10.1. The molecule has 0 aliphatic carbocycles. The van der Waals surface area contributed by atoms with E-state index in [2.05, 4.69) is 52.0 Å². The lowest BCUT2D eigenvalue weighted by molar-refractivity contribution is 0.342. The minimum absolute atomic E-state index is 0.568. The molecule has 0 N–H and O–H groups in total. The van der Waals surface area contributed by atoms with Crippen molar-refractivity contribution in [2.45, 2.75) is 12.1 Å². The second-order valence-corrected chi connectivity index (χ2v) is 7.78. The van der Waals surface area contributed by atoms with Gasteiger partial charge in [-0.3, -0.25) is 4.57 Å². The number of thioether (sulfide) groups is 1. The molecule has 5 nitrogen and oxygen atoms in total. The molecule has 0 spiro atoms. The third kappa shape index (κ3) is 4.66. The van der Waals surface area contributed by atoms with Crippen LogP contribution in [0.3, 0.4) is 0 Å². The SMILES string of the molecule is COc1ccc(OCCSc2nnc(-c3cccc(C)c3)n2-c2ccccc2)cc1. The van der Waals surface area contributed by atoms with E-state index in [0.717, 1.165) is 39.5 Å². The van der Waals surface area contributed by atoms with Gasteiger partial charge >= 0.3 is 0 Å². The summed E-state index contributed by atoms with van der Waals surface area (Å²) in [6, 6.07) is 26.1. The van der Waals surface area contributed by atoms with Gasteiger partial charge in [0.2, 0.25) is 0 Å². The fourth-order valence-electron chi connectivity index (χ4n) is 3.11. The van der Waals surface area contributed by atoms with Gasteiger partial charge < -0.3 is 9.47 Å². The van der Waals surface area contributed by atoms with Crippen molar-refractivity contribution in [2.24, 2.45) is 0 Å². The van der Waals surface area contributed by atoms with Crippen molar-refractivity contribution < 1.29 is 9.47 Å². The molecule has 0 aliphatic rings. The van der Waals surface area contributed by atoms with E-state index in [1.165, 1.54) is 5.56 Å². The summed E-state index contributed by atoms with van der Waals surface area (Å²) in [5.74, 6) is 3.23. The molecule has 0 fully saturated rings. The van der Waals surface area contributed by atoms with Gasteiger partial charge in [-0.1, -0.05) is 53.7 Å². The van der Waals surface area contributed by atoms with Gasteiger partial charge in [0.15, 0.2) is 11.0 Å². The average molecular weight is 418 g/mol. The van der Waals surface area contributed by atoms with Crippen LogP contribution >= 0.6 is 11.8 Å². The first kappa shape index (κ1) is 20.0. The summed E-state index contributed by atoms with van der Waals surface area (Å²) < 4.78 is 13.1. The minimum atomic E-state index is 0.568. The highest BCUT2D eigenvalue weighted by molar-refractivity contribution is 7.99. The fraction of sp³-hybridized carbons (Fsp3) is 0.167. The van der Waals surface area contributed by atoms with Crippen LogP contribution in [0.25, 0.3) is 17.1 Å². The largest absolute Gasteiger partial charge is 0.497 e. The van der Waals surface area contributed by atoms with E-state index in [0.29, 0.717) is 6.61 Å². The van der Waals surface area contributed by atoms with Crippen molar-refractivity contribution >= 4 is 11.8 Å². The van der Waals surface area contributed by atoms with Gasteiger partial charge in [-0.05, 0) is 49.4 Å². The summed E-state index contributed by atoms with van der Waals surface area (Å²) in [6.07, 6.45) is 0.